The fourth-order valence-electron chi connectivity index (χ4n) is 2.46. The third kappa shape index (κ3) is 4.36. The Morgan fingerprint density at radius 2 is 1.62 bits per heavy atom. The number of carbonyl (C=O) groups is 1. The van der Waals surface area contributed by atoms with Crippen molar-refractivity contribution >= 4 is 28.8 Å². The number of hydrogen-bond donors (Lipinski definition) is 2. The van der Waals surface area contributed by atoms with Crippen molar-refractivity contribution in [3.8, 4) is 0 Å². The summed E-state index contributed by atoms with van der Waals surface area (Å²) in [5, 5.41) is 6.05. The first-order valence-corrected chi connectivity index (χ1v) is 8.28. The van der Waals surface area contributed by atoms with Crippen LogP contribution in [0.5, 0.6) is 0 Å². The van der Waals surface area contributed by atoms with Gasteiger partial charge in [-0.15, -0.1) is 0 Å². The van der Waals surface area contributed by atoms with Gasteiger partial charge >= 0.3 is 0 Å². The molecule has 0 saturated heterocycles. The van der Waals surface area contributed by atoms with Gasteiger partial charge in [-0.2, -0.15) is 0 Å². The summed E-state index contributed by atoms with van der Waals surface area (Å²) in [6.07, 6.45) is 0. The second kappa shape index (κ2) is 7.65. The third-order valence-electron chi connectivity index (χ3n) is 3.76. The first-order valence-electron chi connectivity index (χ1n) is 8.28. The van der Waals surface area contributed by atoms with Gasteiger partial charge < -0.3 is 15.5 Å². The molecular weight excluding hydrogens is 326 g/mol. The maximum atomic E-state index is 12.6. The van der Waals surface area contributed by atoms with E-state index in [-0.39, 0.29) is 5.91 Å². The summed E-state index contributed by atoms with van der Waals surface area (Å²) in [6, 6.07) is 18.9. The van der Waals surface area contributed by atoms with Crippen LogP contribution in [0.15, 0.2) is 60.7 Å². The number of carbonyl (C=O) groups excluding carboxylic acids is 1. The molecule has 0 fully saturated rings. The number of amides is 1. The average molecular weight is 347 g/mol. The zero-order chi connectivity index (χ0) is 18.5. The van der Waals surface area contributed by atoms with Crippen molar-refractivity contribution in [2.75, 3.05) is 29.6 Å². The minimum absolute atomic E-state index is 0.274. The van der Waals surface area contributed by atoms with Gasteiger partial charge in [0.15, 0.2) is 0 Å². The first kappa shape index (κ1) is 17.4. The van der Waals surface area contributed by atoms with Crippen molar-refractivity contribution in [2.24, 2.45) is 0 Å². The van der Waals surface area contributed by atoms with E-state index in [9.17, 15) is 4.79 Å². The highest BCUT2D eigenvalue weighted by atomic mass is 16.1. The zero-order valence-electron chi connectivity index (χ0n) is 15.0. The van der Waals surface area contributed by atoms with Crippen LogP contribution in [0.25, 0.3) is 0 Å². The standard InChI is InChI=1S/C20H21N5O/c1-14-21-18(13-19(22-14)23-15-7-5-4-6-8-15)20(26)24-16-9-11-17(12-10-16)25(2)3/h4-13H,1-3H3,(H,24,26)(H,21,22,23). The number of anilines is 4. The van der Waals surface area contributed by atoms with Crippen molar-refractivity contribution in [3.05, 3.63) is 72.2 Å². The van der Waals surface area contributed by atoms with Crippen LogP contribution in [-0.4, -0.2) is 30.0 Å². The van der Waals surface area contributed by atoms with Gasteiger partial charge in [-0.25, -0.2) is 9.97 Å². The summed E-state index contributed by atoms with van der Waals surface area (Å²) in [6.45, 7) is 1.76. The fourth-order valence-corrected chi connectivity index (χ4v) is 2.46. The predicted octanol–water partition coefficient (Wildman–Crippen LogP) is 3.85. The van der Waals surface area contributed by atoms with E-state index in [1.165, 1.54) is 0 Å². The topological polar surface area (TPSA) is 70.2 Å². The molecule has 0 atom stereocenters. The molecule has 0 aliphatic rings. The summed E-state index contributed by atoms with van der Waals surface area (Å²) < 4.78 is 0. The molecule has 0 spiro atoms. The lowest BCUT2D eigenvalue weighted by Gasteiger charge is -2.13. The summed E-state index contributed by atoms with van der Waals surface area (Å²) in [7, 11) is 3.94. The van der Waals surface area contributed by atoms with Crippen LogP contribution < -0.4 is 15.5 Å². The molecule has 3 rings (SSSR count). The summed E-state index contributed by atoms with van der Waals surface area (Å²) >= 11 is 0. The highest BCUT2D eigenvalue weighted by molar-refractivity contribution is 6.03. The number of para-hydroxylation sites is 1. The van der Waals surface area contributed by atoms with Gasteiger partial charge in [0.25, 0.3) is 5.91 Å². The van der Waals surface area contributed by atoms with Crippen molar-refractivity contribution in [1.82, 2.24) is 9.97 Å². The molecule has 1 heterocycles. The van der Waals surface area contributed by atoms with E-state index in [1.54, 1.807) is 13.0 Å². The molecule has 0 unspecified atom stereocenters. The molecule has 6 nitrogen and oxygen atoms in total. The Bertz CT molecular complexity index is 892. The summed E-state index contributed by atoms with van der Waals surface area (Å²) in [4.78, 5) is 23.1. The van der Waals surface area contributed by atoms with Crippen LogP contribution in [0.2, 0.25) is 0 Å². The Morgan fingerprint density at radius 3 is 2.27 bits per heavy atom. The molecule has 26 heavy (non-hydrogen) atoms. The Kier molecular flexibility index (Phi) is 5.12. The number of hydrogen-bond acceptors (Lipinski definition) is 5. The molecule has 0 radical (unpaired) electrons. The highest BCUT2D eigenvalue weighted by Gasteiger charge is 2.11. The summed E-state index contributed by atoms with van der Waals surface area (Å²) in [5.41, 5.74) is 2.99. The predicted molar refractivity (Wildman–Crippen MR) is 105 cm³/mol. The van der Waals surface area contributed by atoms with Crippen molar-refractivity contribution in [3.63, 3.8) is 0 Å². The lowest BCUT2D eigenvalue weighted by molar-refractivity contribution is 0.102. The van der Waals surface area contributed by atoms with Crippen LogP contribution in [0, 0.1) is 6.92 Å². The smallest absolute Gasteiger partial charge is 0.274 e. The lowest BCUT2D eigenvalue weighted by Crippen LogP contribution is -2.15. The minimum atomic E-state index is -0.274. The van der Waals surface area contributed by atoms with Gasteiger partial charge in [-0.1, -0.05) is 18.2 Å². The van der Waals surface area contributed by atoms with Crippen LogP contribution in [-0.2, 0) is 0 Å². The monoisotopic (exact) mass is 347 g/mol. The molecule has 0 saturated carbocycles. The van der Waals surface area contributed by atoms with Gasteiger partial charge in [0.1, 0.15) is 17.3 Å². The SMILES string of the molecule is Cc1nc(Nc2ccccc2)cc(C(=O)Nc2ccc(N(C)C)cc2)n1. The van der Waals surface area contributed by atoms with Crippen LogP contribution in [0.4, 0.5) is 22.9 Å². The van der Waals surface area contributed by atoms with Gasteiger partial charge in [0, 0.05) is 37.2 Å². The maximum absolute atomic E-state index is 12.6. The van der Waals surface area contributed by atoms with Crippen LogP contribution in [0.3, 0.4) is 0 Å². The number of aromatic nitrogens is 2. The van der Waals surface area contributed by atoms with E-state index in [4.69, 9.17) is 0 Å². The molecule has 0 aliphatic carbocycles. The quantitative estimate of drug-likeness (QED) is 0.734. The Labute approximate surface area is 152 Å². The number of nitrogens with one attached hydrogen (secondary N) is 2. The molecule has 1 amide bonds. The van der Waals surface area contributed by atoms with Crippen LogP contribution in [0.1, 0.15) is 16.3 Å². The molecular formula is C20H21N5O. The fraction of sp³-hybridized carbons (Fsp3) is 0.150. The molecule has 2 N–H and O–H groups in total. The molecule has 1 aromatic heterocycles. The minimum Gasteiger partial charge on any atom is -0.378 e. The van der Waals surface area contributed by atoms with Crippen LogP contribution >= 0.6 is 0 Å². The van der Waals surface area contributed by atoms with Crippen molar-refractivity contribution < 1.29 is 4.79 Å². The Balaban J connectivity index is 1.76. The Hall–Kier alpha value is -3.41. The zero-order valence-corrected chi connectivity index (χ0v) is 15.0. The lowest BCUT2D eigenvalue weighted by atomic mass is 10.2. The maximum Gasteiger partial charge on any atom is 0.274 e. The molecule has 132 valence electrons. The third-order valence-corrected chi connectivity index (χ3v) is 3.76. The van der Waals surface area contributed by atoms with Gasteiger partial charge in [0.2, 0.25) is 0 Å². The van der Waals surface area contributed by atoms with E-state index < -0.39 is 0 Å². The summed E-state index contributed by atoms with van der Waals surface area (Å²) in [5.74, 6) is 0.833. The number of aryl methyl sites for hydroxylation is 1. The molecule has 6 heteroatoms. The van der Waals surface area contributed by atoms with Gasteiger partial charge in [-0.05, 0) is 43.3 Å². The van der Waals surface area contributed by atoms with E-state index >= 15 is 0 Å². The molecule has 0 bridgehead atoms. The molecule has 0 aliphatic heterocycles. The van der Waals surface area contributed by atoms with E-state index in [2.05, 4.69) is 20.6 Å². The average Bonchev–Trinajstić information content (AvgIpc) is 2.62. The van der Waals surface area contributed by atoms with Gasteiger partial charge in [0.05, 0.1) is 0 Å². The number of benzene rings is 2. The van der Waals surface area contributed by atoms with E-state index in [0.717, 1.165) is 17.1 Å². The largest absolute Gasteiger partial charge is 0.378 e. The van der Waals surface area contributed by atoms with E-state index in [0.29, 0.717) is 17.3 Å². The van der Waals surface area contributed by atoms with Crippen molar-refractivity contribution in [2.45, 2.75) is 6.92 Å². The second-order valence-electron chi connectivity index (χ2n) is 6.07. The first-order chi connectivity index (χ1) is 12.5. The normalized spacial score (nSPS) is 10.3. The van der Waals surface area contributed by atoms with Crippen molar-refractivity contribution in [1.29, 1.82) is 0 Å². The molecule has 2 aromatic carbocycles. The highest BCUT2D eigenvalue weighted by Crippen LogP contribution is 2.18. The van der Waals surface area contributed by atoms with E-state index in [1.807, 2.05) is 73.6 Å². The van der Waals surface area contributed by atoms with Gasteiger partial charge in [-0.3, -0.25) is 4.79 Å². The number of rotatable bonds is 5. The Morgan fingerprint density at radius 1 is 0.923 bits per heavy atom. The second-order valence-corrected chi connectivity index (χ2v) is 6.07. The number of nitrogens with zero attached hydrogens (tertiary/aromatic N) is 3. The molecule has 3 aromatic rings.